The SMILES string of the molecule is CCN(N=CCc1cnc2[nH]cc(-c3ccc(OC4CCOCC4)c(C#N)c3)c2c1)C1CCNCC1. The van der Waals surface area contributed by atoms with Crippen molar-refractivity contribution in [3.05, 3.63) is 47.8 Å². The normalized spacial score (nSPS) is 17.4. The van der Waals surface area contributed by atoms with Crippen LogP contribution in [0.2, 0.25) is 0 Å². The molecule has 2 aliphatic heterocycles. The summed E-state index contributed by atoms with van der Waals surface area (Å²) in [6.07, 6.45) is 10.6. The van der Waals surface area contributed by atoms with Crippen molar-refractivity contribution >= 4 is 17.2 Å². The lowest BCUT2D eigenvalue weighted by atomic mass is 10.0. The summed E-state index contributed by atoms with van der Waals surface area (Å²) in [6.45, 7) is 6.60. The fourth-order valence-corrected chi connectivity index (χ4v) is 5.05. The lowest BCUT2D eigenvalue weighted by Crippen LogP contribution is -2.40. The van der Waals surface area contributed by atoms with Crippen LogP contribution in [-0.4, -0.2) is 66.2 Å². The third-order valence-electron chi connectivity index (χ3n) is 7.07. The average molecular weight is 487 g/mol. The molecule has 36 heavy (non-hydrogen) atoms. The molecule has 0 bridgehead atoms. The molecule has 0 atom stereocenters. The number of aromatic amines is 1. The van der Waals surface area contributed by atoms with Crippen LogP contribution < -0.4 is 10.1 Å². The highest BCUT2D eigenvalue weighted by molar-refractivity contribution is 5.94. The molecule has 8 nitrogen and oxygen atoms in total. The van der Waals surface area contributed by atoms with Gasteiger partial charge in [0.05, 0.1) is 18.8 Å². The molecule has 0 aliphatic carbocycles. The molecule has 188 valence electrons. The molecule has 2 fully saturated rings. The first kappa shape index (κ1) is 24.3. The molecular formula is C28H34N6O2. The summed E-state index contributed by atoms with van der Waals surface area (Å²) >= 11 is 0. The molecular weight excluding hydrogens is 452 g/mol. The molecule has 2 saturated heterocycles. The van der Waals surface area contributed by atoms with Gasteiger partial charge in [0.25, 0.3) is 0 Å². The van der Waals surface area contributed by atoms with Gasteiger partial charge < -0.3 is 19.8 Å². The topological polar surface area (TPSA) is 98.6 Å². The Morgan fingerprint density at radius 3 is 2.83 bits per heavy atom. The van der Waals surface area contributed by atoms with Crippen molar-refractivity contribution in [2.75, 3.05) is 32.8 Å². The molecule has 8 heteroatoms. The molecule has 1 aromatic carbocycles. The van der Waals surface area contributed by atoms with Gasteiger partial charge >= 0.3 is 0 Å². The number of H-pyrrole nitrogens is 1. The summed E-state index contributed by atoms with van der Waals surface area (Å²) in [5.41, 5.74) is 4.47. The number of piperidine rings is 1. The molecule has 0 saturated carbocycles. The molecule has 0 spiro atoms. The van der Waals surface area contributed by atoms with Gasteiger partial charge in [0.15, 0.2) is 0 Å². The Bertz CT molecular complexity index is 1230. The number of hydrogen-bond acceptors (Lipinski definition) is 7. The summed E-state index contributed by atoms with van der Waals surface area (Å²) in [5.74, 6) is 0.636. The second kappa shape index (κ2) is 11.5. The lowest BCUT2D eigenvalue weighted by molar-refractivity contribution is 0.0254. The first-order valence-electron chi connectivity index (χ1n) is 13.0. The fourth-order valence-electron chi connectivity index (χ4n) is 5.05. The summed E-state index contributed by atoms with van der Waals surface area (Å²) in [6, 6.07) is 10.8. The zero-order chi connectivity index (χ0) is 24.7. The molecule has 0 unspecified atom stereocenters. The number of nitriles is 1. The third kappa shape index (κ3) is 5.53. The van der Waals surface area contributed by atoms with E-state index in [9.17, 15) is 5.26 Å². The van der Waals surface area contributed by atoms with E-state index in [4.69, 9.17) is 14.6 Å². The van der Waals surface area contributed by atoms with Crippen molar-refractivity contribution in [2.24, 2.45) is 5.10 Å². The van der Waals surface area contributed by atoms with E-state index < -0.39 is 0 Å². The number of rotatable bonds is 8. The van der Waals surface area contributed by atoms with Crippen molar-refractivity contribution in [3.8, 4) is 22.9 Å². The lowest BCUT2D eigenvalue weighted by Gasteiger charge is -2.31. The van der Waals surface area contributed by atoms with E-state index in [0.29, 0.717) is 30.6 Å². The second-order valence-electron chi connectivity index (χ2n) is 9.43. The van der Waals surface area contributed by atoms with Crippen LogP contribution in [0.1, 0.15) is 43.7 Å². The Labute approximate surface area is 212 Å². The Hall–Kier alpha value is -3.41. The molecule has 3 aromatic rings. The van der Waals surface area contributed by atoms with Crippen LogP contribution >= 0.6 is 0 Å². The van der Waals surface area contributed by atoms with E-state index in [-0.39, 0.29) is 6.10 Å². The van der Waals surface area contributed by atoms with Crippen LogP contribution in [-0.2, 0) is 11.2 Å². The monoisotopic (exact) mass is 486 g/mol. The van der Waals surface area contributed by atoms with Crippen LogP contribution in [0.5, 0.6) is 5.75 Å². The van der Waals surface area contributed by atoms with Gasteiger partial charge in [-0.05, 0) is 62.2 Å². The highest BCUT2D eigenvalue weighted by atomic mass is 16.5. The summed E-state index contributed by atoms with van der Waals surface area (Å²) in [4.78, 5) is 7.90. The summed E-state index contributed by atoms with van der Waals surface area (Å²) in [5, 5.41) is 21.2. The minimum atomic E-state index is 0.0941. The van der Waals surface area contributed by atoms with E-state index in [1.54, 1.807) is 0 Å². The number of hydrazone groups is 1. The van der Waals surface area contributed by atoms with Crippen molar-refractivity contribution in [3.63, 3.8) is 0 Å². The fraction of sp³-hybridized carbons (Fsp3) is 0.464. The average Bonchev–Trinajstić information content (AvgIpc) is 3.36. The van der Waals surface area contributed by atoms with Gasteiger partial charge in [0, 0.05) is 61.4 Å². The smallest absolute Gasteiger partial charge is 0.137 e. The Morgan fingerprint density at radius 1 is 1.22 bits per heavy atom. The van der Waals surface area contributed by atoms with Crippen LogP contribution in [0.4, 0.5) is 0 Å². The number of aromatic nitrogens is 2. The third-order valence-corrected chi connectivity index (χ3v) is 7.07. The van der Waals surface area contributed by atoms with Crippen molar-refractivity contribution in [1.82, 2.24) is 20.3 Å². The quantitative estimate of drug-likeness (QED) is 0.365. The summed E-state index contributed by atoms with van der Waals surface area (Å²) < 4.78 is 11.5. The van der Waals surface area contributed by atoms with Crippen LogP contribution in [0.15, 0.2) is 41.8 Å². The Balaban J connectivity index is 1.33. The van der Waals surface area contributed by atoms with Crippen LogP contribution in [0.3, 0.4) is 0 Å². The van der Waals surface area contributed by atoms with E-state index >= 15 is 0 Å². The van der Waals surface area contributed by atoms with E-state index in [0.717, 1.165) is 79.5 Å². The molecule has 5 rings (SSSR count). The molecule has 2 aromatic heterocycles. The van der Waals surface area contributed by atoms with Gasteiger partial charge in [-0.2, -0.15) is 10.4 Å². The van der Waals surface area contributed by atoms with Gasteiger partial charge in [-0.15, -0.1) is 0 Å². The molecule has 2 N–H and O–H groups in total. The minimum absolute atomic E-state index is 0.0941. The molecule has 2 aliphatic rings. The zero-order valence-corrected chi connectivity index (χ0v) is 20.9. The molecule has 4 heterocycles. The van der Waals surface area contributed by atoms with Crippen molar-refractivity contribution in [1.29, 1.82) is 5.26 Å². The first-order chi connectivity index (χ1) is 17.7. The predicted octanol–water partition coefficient (Wildman–Crippen LogP) is 4.26. The number of nitrogens with zero attached hydrogens (tertiary/aromatic N) is 4. The maximum Gasteiger partial charge on any atom is 0.137 e. The number of fused-ring (bicyclic) bond motifs is 1. The number of ether oxygens (including phenoxy) is 2. The Kier molecular flexibility index (Phi) is 7.79. The van der Waals surface area contributed by atoms with Crippen LogP contribution in [0.25, 0.3) is 22.2 Å². The molecule has 0 amide bonds. The van der Waals surface area contributed by atoms with Gasteiger partial charge in [-0.25, -0.2) is 4.98 Å². The van der Waals surface area contributed by atoms with Crippen LogP contribution in [0, 0.1) is 11.3 Å². The standard InChI is InChI=1S/C28H34N6O2/c1-2-34(23-6-10-30-11-7-23)33-12-5-20-15-25-26(19-32-28(25)31-18-20)21-3-4-27(22(16-21)17-29)36-24-8-13-35-14-9-24/h3-4,12,15-16,18-19,23-24,30H,2,5-11,13-14H2,1H3,(H,31,32). The highest BCUT2D eigenvalue weighted by Gasteiger charge is 2.19. The van der Waals surface area contributed by atoms with Crippen molar-refractivity contribution in [2.45, 2.75) is 51.2 Å². The molecule has 0 radical (unpaired) electrons. The van der Waals surface area contributed by atoms with Gasteiger partial charge in [0.2, 0.25) is 0 Å². The van der Waals surface area contributed by atoms with E-state index in [1.165, 1.54) is 0 Å². The number of benzene rings is 1. The number of pyridine rings is 1. The number of hydrogen-bond donors (Lipinski definition) is 2. The minimum Gasteiger partial charge on any atom is -0.489 e. The zero-order valence-electron chi connectivity index (χ0n) is 20.9. The summed E-state index contributed by atoms with van der Waals surface area (Å²) in [7, 11) is 0. The van der Waals surface area contributed by atoms with Gasteiger partial charge in [-0.1, -0.05) is 6.07 Å². The van der Waals surface area contributed by atoms with Gasteiger partial charge in [0.1, 0.15) is 23.6 Å². The largest absolute Gasteiger partial charge is 0.489 e. The first-order valence-corrected chi connectivity index (χ1v) is 13.0. The van der Waals surface area contributed by atoms with Crippen molar-refractivity contribution < 1.29 is 9.47 Å². The van der Waals surface area contributed by atoms with E-state index in [1.807, 2.05) is 36.8 Å². The Morgan fingerprint density at radius 2 is 2.06 bits per heavy atom. The maximum atomic E-state index is 9.79. The number of nitrogens with one attached hydrogen (secondary N) is 2. The predicted molar refractivity (Wildman–Crippen MR) is 141 cm³/mol. The van der Waals surface area contributed by atoms with E-state index in [2.05, 4.69) is 39.4 Å². The van der Waals surface area contributed by atoms with Gasteiger partial charge in [-0.3, -0.25) is 5.01 Å². The second-order valence-corrected chi connectivity index (χ2v) is 9.43. The maximum absolute atomic E-state index is 9.79. The highest BCUT2D eigenvalue weighted by Crippen LogP contribution is 2.32.